The number of nitrogens with zero attached hydrogens (tertiary/aromatic N) is 4. The molecule has 7 nitrogen and oxygen atoms in total. The fourth-order valence-corrected chi connectivity index (χ4v) is 1.99. The lowest BCUT2D eigenvalue weighted by Crippen LogP contribution is -2.12. The molecule has 0 unspecified atom stereocenters. The molecule has 0 aromatic carbocycles. The molecule has 0 spiro atoms. The van der Waals surface area contributed by atoms with Gasteiger partial charge in [-0.1, -0.05) is 16.9 Å². The predicted molar refractivity (Wildman–Crippen MR) is 69.7 cm³/mol. The minimum absolute atomic E-state index is 0.0318. The SMILES string of the molecule is Cn1nnc(NC(=O)c2csc(C#CCCO)c2)n1. The molecule has 0 saturated carbocycles. The number of tetrazole rings is 1. The minimum atomic E-state index is -0.306. The van der Waals surface area contributed by atoms with Crippen molar-refractivity contribution in [1.29, 1.82) is 0 Å². The molecule has 2 N–H and O–H groups in total. The van der Waals surface area contributed by atoms with Crippen molar-refractivity contribution in [3.8, 4) is 11.8 Å². The first kappa shape index (κ1) is 13.2. The third kappa shape index (κ3) is 3.61. The number of amides is 1. The van der Waals surface area contributed by atoms with E-state index in [1.807, 2.05) is 0 Å². The van der Waals surface area contributed by atoms with Crippen molar-refractivity contribution in [1.82, 2.24) is 20.2 Å². The maximum absolute atomic E-state index is 11.9. The molecule has 0 radical (unpaired) electrons. The van der Waals surface area contributed by atoms with Crippen LogP contribution in [0.4, 0.5) is 5.95 Å². The summed E-state index contributed by atoms with van der Waals surface area (Å²) in [6.45, 7) is 0.0318. The first-order valence-electron chi connectivity index (χ1n) is 5.42. The first-order chi connectivity index (χ1) is 9.19. The lowest BCUT2D eigenvalue weighted by Gasteiger charge is -1.95. The first-order valence-corrected chi connectivity index (χ1v) is 6.30. The maximum Gasteiger partial charge on any atom is 0.270 e. The fourth-order valence-electron chi connectivity index (χ4n) is 1.23. The van der Waals surface area contributed by atoms with Gasteiger partial charge < -0.3 is 5.11 Å². The molecule has 1 amide bonds. The van der Waals surface area contributed by atoms with Crippen LogP contribution in [0.25, 0.3) is 0 Å². The maximum atomic E-state index is 11.9. The highest BCUT2D eigenvalue weighted by atomic mass is 32.1. The molecule has 0 aliphatic rings. The highest BCUT2D eigenvalue weighted by Gasteiger charge is 2.10. The lowest BCUT2D eigenvalue weighted by molar-refractivity contribution is 0.102. The van der Waals surface area contributed by atoms with E-state index in [4.69, 9.17) is 5.11 Å². The van der Waals surface area contributed by atoms with Gasteiger partial charge in [0.05, 0.1) is 24.1 Å². The van der Waals surface area contributed by atoms with Crippen LogP contribution in [0.15, 0.2) is 11.4 Å². The van der Waals surface area contributed by atoms with E-state index in [0.717, 1.165) is 4.88 Å². The number of aryl methyl sites for hydroxylation is 1. The highest BCUT2D eigenvalue weighted by Crippen LogP contribution is 2.14. The number of aromatic nitrogens is 4. The number of thiophene rings is 1. The number of aliphatic hydroxyl groups is 1. The Hall–Kier alpha value is -2.24. The van der Waals surface area contributed by atoms with Crippen molar-refractivity contribution < 1.29 is 9.90 Å². The van der Waals surface area contributed by atoms with E-state index >= 15 is 0 Å². The van der Waals surface area contributed by atoms with Crippen LogP contribution in [0.2, 0.25) is 0 Å². The van der Waals surface area contributed by atoms with Gasteiger partial charge in [0, 0.05) is 11.8 Å². The van der Waals surface area contributed by atoms with Gasteiger partial charge in [0.1, 0.15) is 0 Å². The van der Waals surface area contributed by atoms with Crippen molar-refractivity contribution >= 4 is 23.2 Å². The zero-order valence-electron chi connectivity index (χ0n) is 10.1. The van der Waals surface area contributed by atoms with Crippen LogP contribution >= 0.6 is 11.3 Å². The molecule has 0 fully saturated rings. The monoisotopic (exact) mass is 277 g/mol. The molecule has 0 bridgehead atoms. The number of rotatable bonds is 3. The summed E-state index contributed by atoms with van der Waals surface area (Å²) >= 11 is 1.37. The summed E-state index contributed by atoms with van der Waals surface area (Å²) in [5.74, 6) is 5.52. The van der Waals surface area contributed by atoms with E-state index in [-0.39, 0.29) is 18.5 Å². The molecule has 2 aromatic rings. The second-order valence-corrected chi connectivity index (χ2v) is 4.44. The fraction of sp³-hybridized carbons (Fsp3) is 0.273. The number of carbonyl (C=O) groups is 1. The van der Waals surface area contributed by atoms with Crippen molar-refractivity contribution in [2.24, 2.45) is 7.05 Å². The minimum Gasteiger partial charge on any atom is -0.395 e. The van der Waals surface area contributed by atoms with Gasteiger partial charge in [0.2, 0.25) is 0 Å². The summed E-state index contributed by atoms with van der Waals surface area (Å²) in [7, 11) is 1.61. The Balaban J connectivity index is 2.02. The van der Waals surface area contributed by atoms with Gasteiger partial charge >= 0.3 is 0 Å². The number of aliphatic hydroxyl groups excluding tert-OH is 1. The molecule has 8 heteroatoms. The number of hydrogen-bond acceptors (Lipinski definition) is 6. The van der Waals surface area contributed by atoms with Gasteiger partial charge in [0.15, 0.2) is 0 Å². The van der Waals surface area contributed by atoms with Crippen LogP contribution in [0.3, 0.4) is 0 Å². The molecular weight excluding hydrogens is 266 g/mol. The Morgan fingerprint density at radius 2 is 2.47 bits per heavy atom. The molecular formula is C11H11N5O2S. The third-order valence-corrected chi connectivity index (χ3v) is 2.89. The second kappa shape index (κ2) is 6.08. The average Bonchev–Trinajstić information content (AvgIpc) is 2.99. The summed E-state index contributed by atoms with van der Waals surface area (Å²) in [6.07, 6.45) is 0.420. The molecule has 2 aromatic heterocycles. The Kier molecular flexibility index (Phi) is 4.22. The lowest BCUT2D eigenvalue weighted by atomic mass is 10.3. The van der Waals surface area contributed by atoms with E-state index in [1.165, 1.54) is 16.1 Å². The standard InChI is InChI=1S/C11H11N5O2S/c1-16-14-11(13-15-16)12-10(18)8-6-9(19-7-8)4-2-3-5-17/h6-7,17H,3,5H2,1H3,(H,12,14,18). The molecule has 98 valence electrons. The molecule has 2 rings (SSSR count). The van der Waals surface area contributed by atoms with Crippen molar-refractivity contribution in [2.45, 2.75) is 6.42 Å². The summed E-state index contributed by atoms with van der Waals surface area (Å²) in [4.78, 5) is 13.9. The van der Waals surface area contributed by atoms with Gasteiger partial charge in [-0.2, -0.15) is 4.80 Å². The smallest absolute Gasteiger partial charge is 0.270 e. The second-order valence-electron chi connectivity index (χ2n) is 3.53. The Bertz CT molecular complexity index is 637. The van der Waals surface area contributed by atoms with E-state index in [2.05, 4.69) is 32.6 Å². The zero-order valence-corrected chi connectivity index (χ0v) is 10.9. The molecule has 0 aliphatic carbocycles. The zero-order chi connectivity index (χ0) is 13.7. The summed E-state index contributed by atoms with van der Waals surface area (Å²) < 4.78 is 0. The largest absolute Gasteiger partial charge is 0.395 e. The molecule has 2 heterocycles. The van der Waals surface area contributed by atoms with E-state index < -0.39 is 0 Å². The average molecular weight is 277 g/mol. The van der Waals surface area contributed by atoms with E-state index in [0.29, 0.717) is 12.0 Å². The predicted octanol–water partition coefficient (Wildman–Crippen LogP) is 0.258. The summed E-state index contributed by atoms with van der Waals surface area (Å²) in [6, 6.07) is 1.68. The highest BCUT2D eigenvalue weighted by molar-refractivity contribution is 7.10. The van der Waals surface area contributed by atoms with Gasteiger partial charge in [-0.05, 0) is 11.3 Å². The van der Waals surface area contributed by atoms with Crippen LogP contribution < -0.4 is 5.32 Å². The Morgan fingerprint density at radius 3 is 3.16 bits per heavy atom. The van der Waals surface area contributed by atoms with Crippen molar-refractivity contribution in [3.63, 3.8) is 0 Å². The van der Waals surface area contributed by atoms with Crippen LogP contribution in [0.5, 0.6) is 0 Å². The van der Waals surface area contributed by atoms with Crippen LogP contribution in [-0.2, 0) is 7.05 Å². The van der Waals surface area contributed by atoms with E-state index in [9.17, 15) is 4.79 Å². The third-order valence-electron chi connectivity index (χ3n) is 2.04. The van der Waals surface area contributed by atoms with Gasteiger partial charge in [0.25, 0.3) is 11.9 Å². The van der Waals surface area contributed by atoms with Crippen LogP contribution in [-0.4, -0.2) is 37.8 Å². The molecule has 0 aliphatic heterocycles. The number of nitrogens with one attached hydrogen (secondary N) is 1. The van der Waals surface area contributed by atoms with Crippen molar-refractivity contribution in [3.05, 3.63) is 21.9 Å². The molecule has 0 saturated heterocycles. The molecule has 19 heavy (non-hydrogen) atoms. The van der Waals surface area contributed by atoms with E-state index in [1.54, 1.807) is 18.5 Å². The van der Waals surface area contributed by atoms with Crippen LogP contribution in [0.1, 0.15) is 21.7 Å². The summed E-state index contributed by atoms with van der Waals surface area (Å²) in [5, 5.41) is 24.0. The normalized spacial score (nSPS) is 9.79. The molecule has 0 atom stereocenters. The van der Waals surface area contributed by atoms with Crippen molar-refractivity contribution in [2.75, 3.05) is 11.9 Å². The number of anilines is 1. The van der Waals surface area contributed by atoms with Gasteiger partial charge in [-0.25, -0.2) is 0 Å². The quantitative estimate of drug-likeness (QED) is 0.785. The Morgan fingerprint density at radius 1 is 1.63 bits per heavy atom. The van der Waals surface area contributed by atoms with Gasteiger partial charge in [-0.15, -0.1) is 16.4 Å². The van der Waals surface area contributed by atoms with Gasteiger partial charge in [-0.3, -0.25) is 10.1 Å². The summed E-state index contributed by atoms with van der Waals surface area (Å²) in [5.41, 5.74) is 0.491. The number of carbonyl (C=O) groups excluding carboxylic acids is 1. The number of hydrogen-bond donors (Lipinski definition) is 2. The topological polar surface area (TPSA) is 92.9 Å². The van der Waals surface area contributed by atoms with Crippen LogP contribution in [0, 0.1) is 11.8 Å². The Labute approximate surface area is 113 Å².